The molecule has 2 rings (SSSR count). The summed E-state index contributed by atoms with van der Waals surface area (Å²) >= 11 is 0. The zero-order chi connectivity index (χ0) is 13.9. The molecule has 4 heteroatoms. The van der Waals surface area contributed by atoms with E-state index in [-0.39, 0.29) is 5.91 Å². The van der Waals surface area contributed by atoms with Gasteiger partial charge in [0, 0.05) is 12.8 Å². The highest BCUT2D eigenvalue weighted by Crippen LogP contribution is 2.25. The maximum absolute atomic E-state index is 12.5. The number of hydrogen-bond acceptors (Lipinski definition) is 3. The largest absolute Gasteiger partial charge is 0.368 e. The second-order valence-corrected chi connectivity index (χ2v) is 5.22. The Morgan fingerprint density at radius 3 is 2.58 bits per heavy atom. The van der Waals surface area contributed by atoms with Crippen LogP contribution in [0, 0.1) is 13.8 Å². The molecule has 1 heterocycles. The van der Waals surface area contributed by atoms with E-state index in [9.17, 15) is 4.79 Å². The quantitative estimate of drug-likeness (QED) is 0.876. The Kier molecular flexibility index (Phi) is 4.22. The molecule has 1 aliphatic heterocycles. The molecule has 104 valence electrons. The zero-order valence-electron chi connectivity index (χ0n) is 11.9. The van der Waals surface area contributed by atoms with Gasteiger partial charge in [0.15, 0.2) is 0 Å². The van der Waals surface area contributed by atoms with E-state index in [0.717, 1.165) is 24.3 Å². The number of hydrogen-bond donors (Lipinski definition) is 2. The number of ether oxygens (including phenoxy) is 1. The number of anilines is 1. The lowest BCUT2D eigenvalue weighted by atomic mass is 9.91. The maximum atomic E-state index is 12.5. The lowest BCUT2D eigenvalue weighted by Crippen LogP contribution is -2.51. The number of carbonyl (C=O) groups excluding carboxylic acids is 1. The molecule has 0 atom stereocenters. The number of benzene rings is 1. The van der Waals surface area contributed by atoms with E-state index >= 15 is 0 Å². The second kappa shape index (κ2) is 5.72. The van der Waals surface area contributed by atoms with Gasteiger partial charge in [-0.2, -0.15) is 0 Å². The van der Waals surface area contributed by atoms with Crippen LogP contribution in [0.2, 0.25) is 0 Å². The van der Waals surface area contributed by atoms with Gasteiger partial charge in [0.05, 0.1) is 0 Å². The zero-order valence-corrected chi connectivity index (χ0v) is 11.9. The number of methoxy groups -OCH3 is 1. The van der Waals surface area contributed by atoms with Crippen LogP contribution in [-0.4, -0.2) is 31.7 Å². The Labute approximate surface area is 114 Å². The molecule has 1 saturated heterocycles. The molecule has 0 radical (unpaired) electrons. The fourth-order valence-electron chi connectivity index (χ4n) is 2.54. The van der Waals surface area contributed by atoms with Crippen molar-refractivity contribution in [3.8, 4) is 0 Å². The van der Waals surface area contributed by atoms with Crippen molar-refractivity contribution in [2.75, 3.05) is 25.5 Å². The Morgan fingerprint density at radius 1 is 1.32 bits per heavy atom. The summed E-state index contributed by atoms with van der Waals surface area (Å²) in [6.07, 6.45) is 1.42. The Bertz CT molecular complexity index is 465. The van der Waals surface area contributed by atoms with Crippen LogP contribution in [0.5, 0.6) is 0 Å². The SMILES string of the molecule is COC1(C(=O)Nc2ccc(C)cc2C)CCNCC1. The first kappa shape index (κ1) is 14.0. The van der Waals surface area contributed by atoms with Crippen molar-refractivity contribution in [1.29, 1.82) is 0 Å². The topological polar surface area (TPSA) is 50.4 Å². The number of aryl methyl sites for hydroxylation is 2. The Balaban J connectivity index is 2.15. The van der Waals surface area contributed by atoms with Gasteiger partial charge in [0.25, 0.3) is 5.91 Å². The van der Waals surface area contributed by atoms with Crippen LogP contribution in [-0.2, 0) is 9.53 Å². The lowest BCUT2D eigenvalue weighted by molar-refractivity contribution is -0.140. The van der Waals surface area contributed by atoms with Crippen LogP contribution >= 0.6 is 0 Å². The molecule has 1 fully saturated rings. The summed E-state index contributed by atoms with van der Waals surface area (Å²) in [6.45, 7) is 5.68. The van der Waals surface area contributed by atoms with Gasteiger partial charge in [-0.15, -0.1) is 0 Å². The molecule has 0 unspecified atom stereocenters. The second-order valence-electron chi connectivity index (χ2n) is 5.22. The normalized spacial score (nSPS) is 18.1. The van der Waals surface area contributed by atoms with E-state index in [0.29, 0.717) is 12.8 Å². The predicted molar refractivity (Wildman–Crippen MR) is 76.4 cm³/mol. The minimum atomic E-state index is -0.692. The molecule has 0 bridgehead atoms. The third-order valence-corrected chi connectivity index (χ3v) is 3.85. The lowest BCUT2D eigenvalue weighted by Gasteiger charge is -2.34. The van der Waals surface area contributed by atoms with Crippen molar-refractivity contribution in [3.05, 3.63) is 29.3 Å². The third kappa shape index (κ3) is 2.96. The average Bonchev–Trinajstić information content (AvgIpc) is 2.42. The Hall–Kier alpha value is -1.39. The summed E-state index contributed by atoms with van der Waals surface area (Å²) in [5.41, 5.74) is 2.45. The fraction of sp³-hybridized carbons (Fsp3) is 0.533. The van der Waals surface area contributed by atoms with E-state index in [4.69, 9.17) is 4.74 Å². The van der Waals surface area contributed by atoms with E-state index in [1.165, 1.54) is 5.56 Å². The van der Waals surface area contributed by atoms with Gasteiger partial charge < -0.3 is 15.4 Å². The minimum Gasteiger partial charge on any atom is -0.368 e. The first-order chi connectivity index (χ1) is 9.07. The summed E-state index contributed by atoms with van der Waals surface area (Å²) in [4.78, 5) is 12.5. The fourth-order valence-corrected chi connectivity index (χ4v) is 2.54. The van der Waals surface area contributed by atoms with Gasteiger partial charge in [-0.05, 0) is 51.4 Å². The van der Waals surface area contributed by atoms with E-state index in [1.807, 2.05) is 26.0 Å². The van der Waals surface area contributed by atoms with Crippen molar-refractivity contribution >= 4 is 11.6 Å². The van der Waals surface area contributed by atoms with Crippen molar-refractivity contribution in [1.82, 2.24) is 5.32 Å². The van der Waals surface area contributed by atoms with Crippen LogP contribution < -0.4 is 10.6 Å². The van der Waals surface area contributed by atoms with Gasteiger partial charge in [0.1, 0.15) is 5.60 Å². The molecule has 19 heavy (non-hydrogen) atoms. The molecule has 4 nitrogen and oxygen atoms in total. The highest BCUT2D eigenvalue weighted by molar-refractivity contribution is 5.98. The van der Waals surface area contributed by atoms with E-state index < -0.39 is 5.60 Å². The number of carbonyl (C=O) groups is 1. The smallest absolute Gasteiger partial charge is 0.256 e. The Morgan fingerprint density at radius 2 is 2.00 bits per heavy atom. The molecular formula is C15H22N2O2. The molecule has 0 spiro atoms. The molecule has 1 amide bonds. The summed E-state index contributed by atoms with van der Waals surface area (Å²) in [6, 6.07) is 6.02. The van der Waals surface area contributed by atoms with Crippen LogP contribution in [0.3, 0.4) is 0 Å². The first-order valence-corrected chi connectivity index (χ1v) is 6.72. The standard InChI is InChI=1S/C15H22N2O2/c1-11-4-5-13(12(2)10-11)17-14(18)15(19-3)6-8-16-9-7-15/h4-5,10,16H,6-9H2,1-3H3,(H,17,18). The highest BCUT2D eigenvalue weighted by Gasteiger charge is 2.39. The third-order valence-electron chi connectivity index (χ3n) is 3.85. The molecule has 1 aromatic rings. The van der Waals surface area contributed by atoms with Crippen LogP contribution in [0.15, 0.2) is 18.2 Å². The summed E-state index contributed by atoms with van der Waals surface area (Å²) < 4.78 is 5.52. The van der Waals surface area contributed by atoms with Gasteiger partial charge >= 0.3 is 0 Å². The van der Waals surface area contributed by atoms with Crippen molar-refractivity contribution < 1.29 is 9.53 Å². The predicted octanol–water partition coefficient (Wildman–Crippen LogP) is 2.01. The molecule has 1 aliphatic rings. The van der Waals surface area contributed by atoms with Gasteiger partial charge in [-0.25, -0.2) is 0 Å². The molecule has 2 N–H and O–H groups in total. The van der Waals surface area contributed by atoms with Crippen LogP contribution in [0.1, 0.15) is 24.0 Å². The summed E-state index contributed by atoms with van der Waals surface area (Å²) in [7, 11) is 1.62. The van der Waals surface area contributed by atoms with Crippen LogP contribution in [0.25, 0.3) is 0 Å². The highest BCUT2D eigenvalue weighted by atomic mass is 16.5. The average molecular weight is 262 g/mol. The molecular weight excluding hydrogens is 240 g/mol. The van der Waals surface area contributed by atoms with Crippen molar-refractivity contribution in [2.24, 2.45) is 0 Å². The van der Waals surface area contributed by atoms with Crippen molar-refractivity contribution in [3.63, 3.8) is 0 Å². The molecule has 0 aliphatic carbocycles. The minimum absolute atomic E-state index is 0.0385. The molecule has 0 aromatic heterocycles. The summed E-state index contributed by atoms with van der Waals surface area (Å²) in [5, 5.41) is 6.26. The van der Waals surface area contributed by atoms with Crippen molar-refractivity contribution in [2.45, 2.75) is 32.3 Å². The molecule has 1 aromatic carbocycles. The molecule has 0 saturated carbocycles. The van der Waals surface area contributed by atoms with E-state index in [1.54, 1.807) is 7.11 Å². The van der Waals surface area contributed by atoms with Gasteiger partial charge in [-0.3, -0.25) is 4.79 Å². The maximum Gasteiger partial charge on any atom is 0.256 e. The van der Waals surface area contributed by atoms with Crippen LogP contribution in [0.4, 0.5) is 5.69 Å². The van der Waals surface area contributed by atoms with Gasteiger partial charge in [0.2, 0.25) is 0 Å². The number of piperidine rings is 1. The number of rotatable bonds is 3. The summed E-state index contributed by atoms with van der Waals surface area (Å²) in [5.74, 6) is -0.0385. The number of amides is 1. The monoisotopic (exact) mass is 262 g/mol. The van der Waals surface area contributed by atoms with E-state index in [2.05, 4.69) is 16.7 Å². The first-order valence-electron chi connectivity index (χ1n) is 6.72. The van der Waals surface area contributed by atoms with Gasteiger partial charge in [-0.1, -0.05) is 17.7 Å². The number of nitrogens with one attached hydrogen (secondary N) is 2.